The van der Waals surface area contributed by atoms with Crippen molar-refractivity contribution in [2.45, 2.75) is 31.5 Å². The van der Waals surface area contributed by atoms with E-state index in [4.69, 9.17) is 5.26 Å². The average Bonchev–Trinajstić information content (AvgIpc) is 3.22. The van der Waals surface area contributed by atoms with E-state index in [1.165, 1.54) is 40.4 Å². The Morgan fingerprint density at radius 2 is 2.00 bits per heavy atom. The molecule has 0 saturated heterocycles. The van der Waals surface area contributed by atoms with Crippen molar-refractivity contribution in [1.29, 1.82) is 5.26 Å². The van der Waals surface area contributed by atoms with Crippen molar-refractivity contribution in [3.63, 3.8) is 0 Å². The lowest BCUT2D eigenvalue weighted by Crippen LogP contribution is -2.28. The second-order valence-electron chi connectivity index (χ2n) is 7.08. The molecule has 3 aromatic rings. The zero-order valence-electron chi connectivity index (χ0n) is 16.9. The summed E-state index contributed by atoms with van der Waals surface area (Å²) in [6.45, 7) is 4.32. The first-order valence-corrected chi connectivity index (χ1v) is 10.3. The van der Waals surface area contributed by atoms with E-state index >= 15 is 0 Å². The highest BCUT2D eigenvalue weighted by Crippen LogP contribution is 2.21. The van der Waals surface area contributed by atoms with Crippen LogP contribution in [-0.2, 0) is 11.3 Å². The molecule has 0 aliphatic carbocycles. The minimum atomic E-state index is -0.449. The first-order valence-electron chi connectivity index (χ1n) is 9.33. The fourth-order valence-electron chi connectivity index (χ4n) is 2.78. The fourth-order valence-corrected chi connectivity index (χ4v) is 3.61. The first kappa shape index (κ1) is 21.5. The Morgan fingerprint density at radius 3 is 2.67 bits per heavy atom. The van der Waals surface area contributed by atoms with Crippen molar-refractivity contribution in [3.8, 4) is 11.8 Å². The van der Waals surface area contributed by atoms with Gasteiger partial charge >= 0.3 is 0 Å². The van der Waals surface area contributed by atoms with Crippen molar-refractivity contribution in [2.75, 3.05) is 12.8 Å². The molecule has 3 rings (SSSR count). The SMILES string of the molecule is CC(C)c1ccc(-n2nnnc2SCC(=O)N(C)Cc2cc(C#N)ccc2F)cc1. The summed E-state index contributed by atoms with van der Waals surface area (Å²) in [6, 6.07) is 14.0. The highest BCUT2D eigenvalue weighted by atomic mass is 32.2. The Labute approximate surface area is 178 Å². The fraction of sp³-hybridized carbons (Fsp3) is 0.286. The third-order valence-electron chi connectivity index (χ3n) is 4.58. The minimum Gasteiger partial charge on any atom is -0.341 e. The largest absolute Gasteiger partial charge is 0.341 e. The number of rotatable bonds is 7. The molecule has 0 aliphatic rings. The van der Waals surface area contributed by atoms with Gasteiger partial charge in [-0.3, -0.25) is 4.79 Å². The molecule has 2 aromatic carbocycles. The van der Waals surface area contributed by atoms with Crippen LogP contribution in [0.25, 0.3) is 5.69 Å². The highest BCUT2D eigenvalue weighted by Gasteiger charge is 2.16. The second kappa shape index (κ2) is 9.50. The lowest BCUT2D eigenvalue weighted by atomic mass is 10.0. The van der Waals surface area contributed by atoms with Gasteiger partial charge in [-0.05, 0) is 52.2 Å². The van der Waals surface area contributed by atoms with Gasteiger partial charge in [0.25, 0.3) is 0 Å². The van der Waals surface area contributed by atoms with Crippen LogP contribution in [0.2, 0.25) is 0 Å². The molecule has 1 heterocycles. The quantitative estimate of drug-likeness (QED) is 0.539. The number of amides is 1. The van der Waals surface area contributed by atoms with Gasteiger partial charge in [-0.15, -0.1) is 5.10 Å². The van der Waals surface area contributed by atoms with Crippen LogP contribution < -0.4 is 0 Å². The zero-order chi connectivity index (χ0) is 21.7. The molecule has 1 amide bonds. The van der Waals surface area contributed by atoms with Gasteiger partial charge in [0.2, 0.25) is 11.1 Å². The minimum absolute atomic E-state index is 0.0718. The maximum Gasteiger partial charge on any atom is 0.233 e. The molecule has 0 unspecified atom stereocenters. The maximum atomic E-state index is 14.0. The number of halogens is 1. The van der Waals surface area contributed by atoms with E-state index in [9.17, 15) is 9.18 Å². The van der Waals surface area contributed by atoms with Crippen LogP contribution in [0, 0.1) is 17.1 Å². The summed E-state index contributed by atoms with van der Waals surface area (Å²) in [5.41, 5.74) is 2.67. The third kappa shape index (κ3) is 5.02. The first-order chi connectivity index (χ1) is 14.4. The molecule has 0 N–H and O–H groups in total. The number of thioether (sulfide) groups is 1. The number of aromatic nitrogens is 4. The number of nitrogens with zero attached hydrogens (tertiary/aromatic N) is 6. The molecule has 30 heavy (non-hydrogen) atoms. The molecular weight excluding hydrogens is 403 g/mol. The summed E-state index contributed by atoms with van der Waals surface area (Å²) in [5.74, 6) is -0.129. The molecule has 1 aromatic heterocycles. The van der Waals surface area contributed by atoms with Gasteiger partial charge in [-0.1, -0.05) is 37.7 Å². The standard InChI is InChI=1S/C21H21FN6OS/c1-14(2)16-5-7-18(8-6-16)28-21(24-25-26-28)30-13-20(29)27(3)12-17-10-15(11-23)4-9-19(17)22/h4-10,14H,12-13H2,1-3H3. The number of carbonyl (C=O) groups is 1. The van der Waals surface area contributed by atoms with Crippen LogP contribution in [-0.4, -0.2) is 43.8 Å². The number of carbonyl (C=O) groups excluding carboxylic acids is 1. The molecule has 7 nitrogen and oxygen atoms in total. The van der Waals surface area contributed by atoms with Gasteiger partial charge in [0.15, 0.2) is 0 Å². The maximum absolute atomic E-state index is 14.0. The molecule has 0 spiro atoms. The van der Waals surface area contributed by atoms with Gasteiger partial charge in [-0.25, -0.2) is 4.39 Å². The molecule has 154 valence electrons. The summed E-state index contributed by atoms with van der Waals surface area (Å²) < 4.78 is 15.6. The Kier molecular flexibility index (Phi) is 6.79. The second-order valence-corrected chi connectivity index (χ2v) is 8.02. The van der Waals surface area contributed by atoms with Gasteiger partial charge in [0, 0.05) is 19.2 Å². The van der Waals surface area contributed by atoms with E-state index in [0.717, 1.165) is 5.69 Å². The van der Waals surface area contributed by atoms with E-state index in [1.54, 1.807) is 11.7 Å². The Hall–Kier alpha value is -3.25. The van der Waals surface area contributed by atoms with Crippen LogP contribution in [0.1, 0.15) is 36.5 Å². The Balaban J connectivity index is 1.64. The van der Waals surface area contributed by atoms with Crippen LogP contribution in [0.3, 0.4) is 0 Å². The van der Waals surface area contributed by atoms with Crippen molar-refractivity contribution in [1.82, 2.24) is 25.1 Å². The van der Waals surface area contributed by atoms with E-state index in [0.29, 0.717) is 22.2 Å². The number of hydrogen-bond donors (Lipinski definition) is 0. The van der Waals surface area contributed by atoms with Gasteiger partial charge in [0.1, 0.15) is 5.82 Å². The summed E-state index contributed by atoms with van der Waals surface area (Å²) >= 11 is 1.21. The van der Waals surface area contributed by atoms with Crippen molar-refractivity contribution in [3.05, 3.63) is 65.0 Å². The Bertz CT molecular complexity index is 1070. The topological polar surface area (TPSA) is 87.7 Å². The normalized spacial score (nSPS) is 10.8. The Morgan fingerprint density at radius 1 is 1.27 bits per heavy atom. The molecular formula is C21H21FN6OS. The predicted molar refractivity (Wildman–Crippen MR) is 112 cm³/mol. The monoisotopic (exact) mass is 424 g/mol. The zero-order valence-corrected chi connectivity index (χ0v) is 17.7. The van der Waals surface area contributed by atoms with E-state index in [-0.39, 0.29) is 18.2 Å². The highest BCUT2D eigenvalue weighted by molar-refractivity contribution is 7.99. The van der Waals surface area contributed by atoms with Crippen LogP contribution in [0.15, 0.2) is 47.6 Å². The van der Waals surface area contributed by atoms with Crippen LogP contribution in [0.5, 0.6) is 0 Å². The lowest BCUT2D eigenvalue weighted by Gasteiger charge is -2.17. The molecule has 0 radical (unpaired) electrons. The van der Waals surface area contributed by atoms with E-state index in [2.05, 4.69) is 29.4 Å². The molecule has 9 heteroatoms. The van der Waals surface area contributed by atoms with E-state index < -0.39 is 5.82 Å². The lowest BCUT2D eigenvalue weighted by molar-refractivity contribution is -0.127. The molecule has 0 atom stereocenters. The number of hydrogen-bond acceptors (Lipinski definition) is 6. The number of benzene rings is 2. The summed E-state index contributed by atoms with van der Waals surface area (Å²) in [6.07, 6.45) is 0. The van der Waals surface area contributed by atoms with Gasteiger partial charge in [0.05, 0.1) is 23.1 Å². The van der Waals surface area contributed by atoms with E-state index in [1.807, 2.05) is 30.3 Å². The predicted octanol–water partition coefficient (Wildman–Crippen LogP) is 3.55. The number of tetrazole rings is 1. The summed E-state index contributed by atoms with van der Waals surface area (Å²) in [7, 11) is 1.59. The van der Waals surface area contributed by atoms with Crippen LogP contribution >= 0.6 is 11.8 Å². The molecule has 0 aliphatic heterocycles. The molecule has 0 saturated carbocycles. The third-order valence-corrected chi connectivity index (χ3v) is 5.48. The number of nitriles is 1. The van der Waals surface area contributed by atoms with Crippen molar-refractivity contribution < 1.29 is 9.18 Å². The summed E-state index contributed by atoms with van der Waals surface area (Å²) in [5, 5.41) is 21.2. The van der Waals surface area contributed by atoms with Gasteiger partial charge < -0.3 is 4.90 Å². The van der Waals surface area contributed by atoms with Gasteiger partial charge in [-0.2, -0.15) is 9.94 Å². The molecule has 0 fully saturated rings. The summed E-state index contributed by atoms with van der Waals surface area (Å²) in [4.78, 5) is 13.9. The van der Waals surface area contributed by atoms with Crippen molar-refractivity contribution >= 4 is 17.7 Å². The molecule has 0 bridgehead atoms. The van der Waals surface area contributed by atoms with Crippen LogP contribution in [0.4, 0.5) is 4.39 Å². The average molecular weight is 425 g/mol. The van der Waals surface area contributed by atoms with Crippen molar-refractivity contribution in [2.24, 2.45) is 0 Å². The smallest absolute Gasteiger partial charge is 0.233 e.